The van der Waals surface area contributed by atoms with Crippen molar-refractivity contribution in [3.8, 4) is 0 Å². The van der Waals surface area contributed by atoms with Gasteiger partial charge in [0.05, 0.1) is 5.60 Å². The molecule has 2 N–H and O–H groups in total. The Hall–Kier alpha value is -0.640. The fourth-order valence-electron chi connectivity index (χ4n) is 5.94. The lowest BCUT2D eigenvalue weighted by Crippen LogP contribution is -2.61. The number of hydrogen-bond donors (Lipinski definition) is 2. The Morgan fingerprint density at radius 2 is 2.00 bits per heavy atom. The lowest BCUT2D eigenvalue weighted by atomic mass is 9.46. The number of rotatable bonds is 4. The Morgan fingerprint density at radius 3 is 2.61 bits per heavy atom. The van der Waals surface area contributed by atoms with Crippen molar-refractivity contribution in [2.75, 3.05) is 0 Å². The molecule has 2 nitrogen and oxygen atoms in total. The first-order chi connectivity index (χ1) is 10.9. The largest absolute Gasteiger partial charge is 0.390 e. The van der Waals surface area contributed by atoms with E-state index in [1.54, 1.807) is 12.1 Å². The molecule has 0 amide bonds. The fourth-order valence-corrected chi connectivity index (χ4v) is 6.09. The Labute approximate surface area is 142 Å². The Kier molecular flexibility index (Phi) is 3.75. The van der Waals surface area contributed by atoms with E-state index < -0.39 is 5.60 Å². The van der Waals surface area contributed by atoms with Crippen LogP contribution in [0.3, 0.4) is 0 Å². The average molecular weight is 338 g/mol. The zero-order valence-corrected chi connectivity index (χ0v) is 14.4. The van der Waals surface area contributed by atoms with Crippen LogP contribution in [0.15, 0.2) is 18.2 Å². The van der Waals surface area contributed by atoms with Crippen molar-refractivity contribution in [3.05, 3.63) is 34.6 Å². The molecule has 0 radical (unpaired) electrons. The van der Waals surface area contributed by atoms with E-state index in [1.807, 2.05) is 0 Å². The van der Waals surface area contributed by atoms with Crippen molar-refractivity contribution in [1.29, 1.82) is 0 Å². The molecule has 4 heteroatoms. The van der Waals surface area contributed by atoms with Gasteiger partial charge in [-0.3, -0.25) is 0 Å². The van der Waals surface area contributed by atoms with Gasteiger partial charge in [-0.15, -0.1) is 0 Å². The van der Waals surface area contributed by atoms with Crippen molar-refractivity contribution in [3.63, 3.8) is 0 Å². The molecule has 1 aromatic carbocycles. The molecule has 0 aromatic heterocycles. The summed E-state index contributed by atoms with van der Waals surface area (Å²) in [4.78, 5) is 0. The van der Waals surface area contributed by atoms with Crippen LogP contribution in [0.5, 0.6) is 0 Å². The van der Waals surface area contributed by atoms with Gasteiger partial charge in [-0.1, -0.05) is 17.7 Å². The van der Waals surface area contributed by atoms with Crippen LogP contribution in [0.4, 0.5) is 4.39 Å². The van der Waals surface area contributed by atoms with E-state index in [-0.39, 0.29) is 17.3 Å². The summed E-state index contributed by atoms with van der Waals surface area (Å²) >= 11 is 5.82. The molecule has 1 aromatic rings. The van der Waals surface area contributed by atoms with Gasteiger partial charge in [0.2, 0.25) is 0 Å². The van der Waals surface area contributed by atoms with E-state index >= 15 is 0 Å². The minimum Gasteiger partial charge on any atom is -0.390 e. The highest BCUT2D eigenvalue weighted by atomic mass is 35.5. The lowest BCUT2D eigenvalue weighted by Gasteiger charge is -2.62. The van der Waals surface area contributed by atoms with Gasteiger partial charge in [0.1, 0.15) is 5.82 Å². The van der Waals surface area contributed by atoms with E-state index in [0.29, 0.717) is 29.0 Å². The van der Waals surface area contributed by atoms with Crippen LogP contribution in [0.25, 0.3) is 0 Å². The van der Waals surface area contributed by atoms with Gasteiger partial charge in [-0.25, -0.2) is 4.39 Å². The minimum absolute atomic E-state index is 0.182. The van der Waals surface area contributed by atoms with Crippen molar-refractivity contribution in [2.24, 2.45) is 17.3 Å². The monoisotopic (exact) mass is 337 g/mol. The third-order valence-corrected chi connectivity index (χ3v) is 6.84. The third kappa shape index (κ3) is 2.81. The van der Waals surface area contributed by atoms with Crippen molar-refractivity contribution in [1.82, 2.24) is 5.32 Å². The number of benzene rings is 1. The Morgan fingerprint density at radius 1 is 1.30 bits per heavy atom. The van der Waals surface area contributed by atoms with Gasteiger partial charge >= 0.3 is 0 Å². The maximum Gasteiger partial charge on any atom is 0.129 e. The molecule has 5 rings (SSSR count). The molecule has 4 saturated carbocycles. The summed E-state index contributed by atoms with van der Waals surface area (Å²) in [7, 11) is 0. The summed E-state index contributed by atoms with van der Waals surface area (Å²) in [6.07, 6.45) is 6.60. The second-order valence-electron chi connectivity index (χ2n) is 8.39. The molecular formula is C19H25ClFNO. The van der Waals surface area contributed by atoms with Crippen LogP contribution in [0, 0.1) is 23.1 Å². The van der Waals surface area contributed by atoms with Crippen LogP contribution in [-0.4, -0.2) is 16.7 Å². The summed E-state index contributed by atoms with van der Waals surface area (Å²) in [6, 6.07) is 5.15. The van der Waals surface area contributed by atoms with Gasteiger partial charge in [0.15, 0.2) is 0 Å². The molecule has 0 saturated heterocycles. The zero-order valence-electron chi connectivity index (χ0n) is 13.6. The highest BCUT2D eigenvalue weighted by Gasteiger charge is 2.58. The smallest absolute Gasteiger partial charge is 0.129 e. The van der Waals surface area contributed by atoms with Crippen molar-refractivity contribution in [2.45, 2.75) is 63.6 Å². The first-order valence-electron chi connectivity index (χ1n) is 8.77. The molecule has 4 fully saturated rings. The zero-order chi connectivity index (χ0) is 16.2. The maximum atomic E-state index is 14.0. The number of halogens is 2. The van der Waals surface area contributed by atoms with Crippen LogP contribution >= 0.6 is 11.6 Å². The Balaban J connectivity index is 1.48. The quantitative estimate of drug-likeness (QED) is 0.859. The molecule has 0 spiro atoms. The number of nitrogens with one attached hydrogen (secondary N) is 1. The Bertz CT molecular complexity index is 605. The first kappa shape index (κ1) is 15.9. The van der Waals surface area contributed by atoms with E-state index in [9.17, 15) is 9.50 Å². The number of aliphatic hydroxyl groups is 1. The van der Waals surface area contributed by atoms with E-state index in [2.05, 4.69) is 12.2 Å². The van der Waals surface area contributed by atoms with Crippen molar-refractivity contribution < 1.29 is 9.50 Å². The van der Waals surface area contributed by atoms with E-state index in [0.717, 1.165) is 19.3 Å². The summed E-state index contributed by atoms with van der Waals surface area (Å²) < 4.78 is 14.0. The second-order valence-corrected chi connectivity index (χ2v) is 8.82. The second kappa shape index (κ2) is 5.44. The van der Waals surface area contributed by atoms with Gasteiger partial charge in [-0.2, -0.15) is 0 Å². The summed E-state index contributed by atoms with van der Waals surface area (Å²) in [5, 5.41) is 14.8. The normalized spacial score (nSPS) is 39.7. The molecule has 0 aliphatic heterocycles. The van der Waals surface area contributed by atoms with Gasteiger partial charge in [-0.05, 0) is 74.8 Å². The molecule has 126 valence electrons. The van der Waals surface area contributed by atoms with Crippen LogP contribution in [0.2, 0.25) is 5.02 Å². The average Bonchev–Trinajstić information content (AvgIpc) is 2.43. The summed E-state index contributed by atoms with van der Waals surface area (Å²) in [6.45, 7) is 2.73. The van der Waals surface area contributed by atoms with E-state index in [4.69, 9.17) is 11.6 Å². The molecule has 3 atom stereocenters. The van der Waals surface area contributed by atoms with Gasteiger partial charge in [0, 0.05) is 23.2 Å². The van der Waals surface area contributed by atoms with Gasteiger partial charge in [0.25, 0.3) is 0 Å². The molecule has 4 aliphatic rings. The van der Waals surface area contributed by atoms with Crippen LogP contribution < -0.4 is 5.32 Å². The minimum atomic E-state index is -0.439. The summed E-state index contributed by atoms with van der Waals surface area (Å²) in [5.74, 6) is 1.11. The third-order valence-electron chi connectivity index (χ3n) is 6.61. The summed E-state index contributed by atoms with van der Waals surface area (Å²) in [5.41, 5.74) is 0.400. The molecule has 4 aliphatic carbocycles. The van der Waals surface area contributed by atoms with Crippen LogP contribution in [-0.2, 0) is 6.54 Å². The first-order valence-corrected chi connectivity index (χ1v) is 9.15. The highest BCUT2D eigenvalue weighted by molar-refractivity contribution is 6.30. The molecule has 23 heavy (non-hydrogen) atoms. The van der Waals surface area contributed by atoms with Crippen LogP contribution in [0.1, 0.15) is 51.0 Å². The SMILES string of the molecule is CC(NCc1ccc(Cl)cc1F)C12CC3CC(CC(O)(C3)C1)C2. The molecular weight excluding hydrogens is 313 g/mol. The fraction of sp³-hybridized carbons (Fsp3) is 0.684. The molecule has 4 bridgehead atoms. The predicted molar refractivity (Wildman–Crippen MR) is 89.8 cm³/mol. The van der Waals surface area contributed by atoms with Gasteiger partial charge < -0.3 is 10.4 Å². The van der Waals surface area contributed by atoms with Crippen molar-refractivity contribution >= 4 is 11.6 Å². The molecule has 0 heterocycles. The maximum absolute atomic E-state index is 14.0. The number of hydrogen-bond acceptors (Lipinski definition) is 2. The predicted octanol–water partition coefficient (Wildman–Crippen LogP) is 4.29. The topological polar surface area (TPSA) is 32.3 Å². The van der Waals surface area contributed by atoms with E-state index in [1.165, 1.54) is 25.3 Å². The lowest BCUT2D eigenvalue weighted by molar-refractivity contribution is -0.172. The standard InChI is InChI=1S/C19H25ClFNO/c1-12(22-10-15-2-3-16(20)5-17(15)21)18-6-13-4-14(7-18)9-19(23,8-13)11-18/h2-3,5,12-14,22-23H,4,6-11H2,1H3. The molecule has 3 unspecified atom stereocenters. The highest BCUT2D eigenvalue weighted by Crippen LogP contribution is 2.62.